The molecule has 0 bridgehead atoms. The molecular weight excluding hydrogens is 359 g/mol. The average Bonchev–Trinajstić information content (AvgIpc) is 2.62. The third-order valence-electron chi connectivity index (χ3n) is 3.67. The van der Waals surface area contributed by atoms with Crippen molar-refractivity contribution in [2.45, 2.75) is 26.9 Å². The van der Waals surface area contributed by atoms with E-state index in [0.717, 1.165) is 5.69 Å². The molecule has 3 aromatic rings. The number of aryl methyl sites for hydroxylation is 1. The first kappa shape index (κ1) is 19.3. The zero-order chi connectivity index (χ0) is 20.1. The van der Waals surface area contributed by atoms with Gasteiger partial charge in [0.25, 0.3) is 5.91 Å². The van der Waals surface area contributed by atoms with E-state index in [4.69, 9.17) is 4.74 Å². The van der Waals surface area contributed by atoms with Gasteiger partial charge in [0.15, 0.2) is 0 Å². The summed E-state index contributed by atoms with van der Waals surface area (Å²) in [5, 5.41) is 5.92. The van der Waals surface area contributed by atoms with Gasteiger partial charge in [-0.3, -0.25) is 4.79 Å². The van der Waals surface area contributed by atoms with Gasteiger partial charge in [-0.25, -0.2) is 9.37 Å². The molecule has 6 nitrogen and oxygen atoms in total. The summed E-state index contributed by atoms with van der Waals surface area (Å²) >= 11 is 0. The highest BCUT2D eigenvalue weighted by atomic mass is 19.1. The van der Waals surface area contributed by atoms with Gasteiger partial charge in [-0.15, -0.1) is 0 Å². The predicted octanol–water partition coefficient (Wildman–Crippen LogP) is 4.71. The number of nitrogens with one attached hydrogen (secondary N) is 2. The summed E-state index contributed by atoms with van der Waals surface area (Å²) < 4.78 is 18.9. The number of halogens is 1. The number of hydrogen-bond donors (Lipinski definition) is 2. The molecule has 0 aliphatic carbocycles. The van der Waals surface area contributed by atoms with Gasteiger partial charge in [0.05, 0.1) is 6.10 Å². The Balaban J connectivity index is 1.68. The van der Waals surface area contributed by atoms with E-state index >= 15 is 0 Å². The summed E-state index contributed by atoms with van der Waals surface area (Å²) in [7, 11) is 0. The van der Waals surface area contributed by atoms with Gasteiger partial charge in [-0.2, -0.15) is 4.98 Å². The lowest BCUT2D eigenvalue weighted by molar-refractivity contribution is 0.102. The van der Waals surface area contributed by atoms with E-state index in [0.29, 0.717) is 23.2 Å². The van der Waals surface area contributed by atoms with Crippen LogP contribution in [0.1, 0.15) is 30.0 Å². The first-order valence-electron chi connectivity index (χ1n) is 8.85. The van der Waals surface area contributed by atoms with Crippen LogP contribution in [-0.4, -0.2) is 22.0 Å². The summed E-state index contributed by atoms with van der Waals surface area (Å²) in [5.41, 5.74) is 1.65. The van der Waals surface area contributed by atoms with E-state index in [9.17, 15) is 9.18 Å². The number of amides is 1. The topological polar surface area (TPSA) is 76.1 Å². The molecule has 0 unspecified atom stereocenters. The maximum absolute atomic E-state index is 13.2. The maximum Gasteiger partial charge on any atom is 0.255 e. The first-order valence-corrected chi connectivity index (χ1v) is 8.85. The van der Waals surface area contributed by atoms with Crippen LogP contribution in [0.5, 0.6) is 5.88 Å². The van der Waals surface area contributed by atoms with Crippen molar-refractivity contribution in [1.82, 2.24) is 9.97 Å². The standard InChI is InChI=1S/C21H21FN4O2/c1-13(2)28-20-12-19(23-14(3)24-20)25-17-7-9-18(10-8-17)26-21(27)15-5-4-6-16(22)11-15/h4-13H,1-3H3,(H,26,27)(H,23,24,25). The van der Waals surface area contributed by atoms with Crippen molar-refractivity contribution in [3.8, 4) is 5.88 Å². The number of carbonyl (C=O) groups excluding carboxylic acids is 1. The highest BCUT2D eigenvalue weighted by Gasteiger charge is 2.08. The predicted molar refractivity (Wildman–Crippen MR) is 107 cm³/mol. The minimum atomic E-state index is -0.451. The zero-order valence-electron chi connectivity index (χ0n) is 15.9. The molecule has 0 radical (unpaired) electrons. The van der Waals surface area contributed by atoms with Gasteiger partial charge in [-0.1, -0.05) is 6.07 Å². The lowest BCUT2D eigenvalue weighted by Gasteiger charge is -2.12. The Labute approximate surface area is 162 Å². The fraction of sp³-hybridized carbons (Fsp3) is 0.190. The second-order valence-corrected chi connectivity index (χ2v) is 6.47. The van der Waals surface area contributed by atoms with E-state index in [1.54, 1.807) is 31.2 Å². The molecule has 7 heteroatoms. The van der Waals surface area contributed by atoms with E-state index in [1.807, 2.05) is 26.0 Å². The summed E-state index contributed by atoms with van der Waals surface area (Å²) in [6, 6.07) is 14.4. The van der Waals surface area contributed by atoms with Crippen molar-refractivity contribution >= 4 is 23.1 Å². The Morgan fingerprint density at radius 3 is 2.43 bits per heavy atom. The van der Waals surface area contributed by atoms with Crippen LogP contribution in [0.25, 0.3) is 0 Å². The molecule has 0 saturated heterocycles. The number of ether oxygens (including phenoxy) is 1. The lowest BCUT2D eigenvalue weighted by atomic mass is 10.2. The van der Waals surface area contributed by atoms with Crippen LogP contribution >= 0.6 is 0 Å². The van der Waals surface area contributed by atoms with E-state index in [1.165, 1.54) is 18.2 Å². The largest absolute Gasteiger partial charge is 0.475 e. The van der Waals surface area contributed by atoms with Crippen LogP contribution in [0.2, 0.25) is 0 Å². The molecule has 1 amide bonds. The van der Waals surface area contributed by atoms with Gasteiger partial charge < -0.3 is 15.4 Å². The lowest BCUT2D eigenvalue weighted by Crippen LogP contribution is -2.12. The minimum absolute atomic E-state index is 0.0168. The Kier molecular flexibility index (Phi) is 5.84. The number of aromatic nitrogens is 2. The number of carbonyl (C=O) groups is 1. The van der Waals surface area contributed by atoms with E-state index < -0.39 is 5.82 Å². The third kappa shape index (κ3) is 5.26. The molecule has 0 atom stereocenters. The number of rotatable bonds is 6. The summed E-state index contributed by atoms with van der Waals surface area (Å²) in [5.74, 6) is 0.888. The fourth-order valence-electron chi connectivity index (χ4n) is 2.52. The van der Waals surface area contributed by atoms with Crippen molar-refractivity contribution in [3.63, 3.8) is 0 Å². The van der Waals surface area contributed by atoms with Crippen molar-refractivity contribution < 1.29 is 13.9 Å². The fourth-order valence-corrected chi connectivity index (χ4v) is 2.52. The van der Waals surface area contributed by atoms with Crippen molar-refractivity contribution in [3.05, 3.63) is 71.8 Å². The molecule has 0 fully saturated rings. The number of anilines is 3. The number of benzene rings is 2. The summed E-state index contributed by atoms with van der Waals surface area (Å²) in [4.78, 5) is 20.8. The SMILES string of the molecule is Cc1nc(Nc2ccc(NC(=O)c3cccc(F)c3)cc2)cc(OC(C)C)n1. The number of nitrogens with zero attached hydrogens (tertiary/aromatic N) is 2. The molecule has 1 heterocycles. The van der Waals surface area contributed by atoms with E-state index in [2.05, 4.69) is 20.6 Å². The third-order valence-corrected chi connectivity index (χ3v) is 3.67. The smallest absolute Gasteiger partial charge is 0.255 e. The summed E-state index contributed by atoms with van der Waals surface area (Å²) in [6.45, 7) is 5.66. The van der Waals surface area contributed by atoms with Crippen LogP contribution in [0.4, 0.5) is 21.6 Å². The average molecular weight is 380 g/mol. The van der Waals surface area contributed by atoms with Gasteiger partial charge in [0.1, 0.15) is 17.5 Å². The van der Waals surface area contributed by atoms with Gasteiger partial charge in [-0.05, 0) is 63.2 Å². The molecule has 28 heavy (non-hydrogen) atoms. The monoisotopic (exact) mass is 380 g/mol. The van der Waals surface area contributed by atoms with Crippen LogP contribution < -0.4 is 15.4 Å². The molecular formula is C21H21FN4O2. The van der Waals surface area contributed by atoms with Gasteiger partial charge in [0.2, 0.25) is 5.88 Å². The first-order chi connectivity index (χ1) is 13.4. The molecule has 0 aliphatic heterocycles. The number of hydrogen-bond acceptors (Lipinski definition) is 5. The van der Waals surface area contributed by atoms with Crippen LogP contribution in [-0.2, 0) is 0 Å². The van der Waals surface area contributed by atoms with Crippen molar-refractivity contribution in [1.29, 1.82) is 0 Å². The molecule has 0 aliphatic rings. The minimum Gasteiger partial charge on any atom is -0.475 e. The van der Waals surface area contributed by atoms with Gasteiger partial charge >= 0.3 is 0 Å². The molecule has 0 saturated carbocycles. The van der Waals surface area contributed by atoms with E-state index in [-0.39, 0.29) is 17.6 Å². The van der Waals surface area contributed by atoms with Crippen LogP contribution in [0, 0.1) is 12.7 Å². The molecule has 1 aromatic heterocycles. The van der Waals surface area contributed by atoms with Crippen molar-refractivity contribution in [2.75, 3.05) is 10.6 Å². The molecule has 144 valence electrons. The molecule has 2 aromatic carbocycles. The Hall–Kier alpha value is -3.48. The second-order valence-electron chi connectivity index (χ2n) is 6.47. The Morgan fingerprint density at radius 2 is 1.75 bits per heavy atom. The van der Waals surface area contributed by atoms with Crippen LogP contribution in [0.3, 0.4) is 0 Å². The Morgan fingerprint density at radius 1 is 1.04 bits per heavy atom. The highest BCUT2D eigenvalue weighted by molar-refractivity contribution is 6.04. The van der Waals surface area contributed by atoms with Gasteiger partial charge in [0, 0.05) is 23.0 Å². The molecule has 2 N–H and O–H groups in total. The Bertz CT molecular complexity index is 974. The normalized spacial score (nSPS) is 10.6. The van der Waals surface area contributed by atoms with Crippen molar-refractivity contribution in [2.24, 2.45) is 0 Å². The van der Waals surface area contributed by atoms with Crippen LogP contribution in [0.15, 0.2) is 54.6 Å². The summed E-state index contributed by atoms with van der Waals surface area (Å²) in [6.07, 6.45) is 0.0168. The quantitative estimate of drug-likeness (QED) is 0.648. The second kappa shape index (κ2) is 8.47. The highest BCUT2D eigenvalue weighted by Crippen LogP contribution is 2.21. The molecule has 0 spiro atoms. The maximum atomic E-state index is 13.2. The molecule has 3 rings (SSSR count). The zero-order valence-corrected chi connectivity index (χ0v) is 15.9.